The maximum atomic E-state index is 14.6. The lowest BCUT2D eigenvalue weighted by molar-refractivity contribution is -0.146. The quantitative estimate of drug-likeness (QED) is 0.123. The molecule has 356 valence electrons. The molecule has 1 saturated heterocycles. The number of H-pyrrole nitrogens is 1. The minimum absolute atomic E-state index is 0.0382. The number of phenols is 1. The van der Waals surface area contributed by atoms with Gasteiger partial charge < -0.3 is 72.6 Å². The van der Waals surface area contributed by atoms with Gasteiger partial charge in [-0.25, -0.2) is 8.42 Å². The van der Waals surface area contributed by atoms with E-state index in [1.165, 1.54) is 19.1 Å². The fourth-order valence-electron chi connectivity index (χ4n) is 7.81. The van der Waals surface area contributed by atoms with E-state index in [1.54, 1.807) is 13.8 Å². The summed E-state index contributed by atoms with van der Waals surface area (Å²) in [5, 5.41) is 67.0. The highest BCUT2D eigenvalue weighted by atomic mass is 32.2. The van der Waals surface area contributed by atoms with Crippen LogP contribution in [-0.2, 0) is 59.4 Å². The van der Waals surface area contributed by atoms with Gasteiger partial charge in [0, 0.05) is 36.8 Å². The molecule has 5 rings (SSSR count). The molecule has 2 bridgehead atoms. The van der Waals surface area contributed by atoms with Gasteiger partial charge in [0.1, 0.15) is 47.0 Å². The number of amides is 8. The highest BCUT2D eigenvalue weighted by molar-refractivity contribution is 7.91. The van der Waals surface area contributed by atoms with Crippen molar-refractivity contribution < 1.29 is 77.1 Å². The van der Waals surface area contributed by atoms with E-state index >= 15 is 0 Å². The van der Waals surface area contributed by atoms with Gasteiger partial charge in [0.2, 0.25) is 47.3 Å². The molecule has 2 aromatic rings. The van der Waals surface area contributed by atoms with Crippen LogP contribution in [0.3, 0.4) is 0 Å². The molecule has 3 aliphatic rings. The zero-order chi connectivity index (χ0) is 48.1. The zero-order valence-corrected chi connectivity index (χ0v) is 36.3. The third-order valence-corrected chi connectivity index (χ3v) is 13.4. The predicted octanol–water partition coefficient (Wildman–Crippen LogP) is -5.65. The van der Waals surface area contributed by atoms with Gasteiger partial charge in [0.15, 0.2) is 9.84 Å². The molecule has 8 amide bonds. The van der Waals surface area contributed by atoms with Crippen LogP contribution in [0.25, 0.3) is 10.9 Å². The summed E-state index contributed by atoms with van der Waals surface area (Å²) < 4.78 is 29.2. The Balaban J connectivity index is 1.77. The molecular weight excluding hydrogens is 883 g/mol. The zero-order valence-electron chi connectivity index (χ0n) is 35.5. The summed E-state index contributed by atoms with van der Waals surface area (Å²) in [4.78, 5) is 127. The van der Waals surface area contributed by atoms with E-state index in [0.717, 1.165) is 11.0 Å². The number of rotatable bonds is 7. The number of aromatic amines is 1. The number of aliphatic hydroxyl groups excluding tert-OH is 3. The van der Waals surface area contributed by atoms with Gasteiger partial charge in [-0.05, 0) is 23.6 Å². The van der Waals surface area contributed by atoms with Crippen LogP contribution < -0.4 is 37.2 Å². The van der Waals surface area contributed by atoms with Crippen LogP contribution in [0, 0.1) is 11.8 Å². The summed E-state index contributed by atoms with van der Waals surface area (Å²) in [7, 11) is -4.95. The number of sulfone groups is 1. The Labute approximate surface area is 370 Å². The largest absolute Gasteiger partial charge is 0.508 e. The van der Waals surface area contributed by atoms with Crippen molar-refractivity contribution in [3.8, 4) is 5.75 Å². The number of phenolic OH excluding ortho intramolecular Hbond substituents is 1. The molecular formula is C39H53N9O16S. The van der Waals surface area contributed by atoms with Gasteiger partial charge in [-0.3, -0.25) is 43.2 Å². The molecule has 0 unspecified atom stereocenters. The van der Waals surface area contributed by atoms with Crippen molar-refractivity contribution in [2.45, 2.75) is 99.9 Å². The Morgan fingerprint density at radius 2 is 1.51 bits per heavy atom. The highest BCUT2D eigenvalue weighted by Crippen LogP contribution is 2.31. The van der Waals surface area contributed by atoms with E-state index in [9.17, 15) is 77.1 Å². The number of aliphatic hydroxyl groups is 3. The average molecular weight is 936 g/mol. The molecule has 10 atom stereocenters. The molecule has 0 radical (unpaired) electrons. The van der Waals surface area contributed by atoms with Crippen LogP contribution in [0.1, 0.15) is 45.6 Å². The number of nitrogens with zero attached hydrogens (tertiary/aromatic N) is 1. The van der Waals surface area contributed by atoms with Crippen LogP contribution in [0.2, 0.25) is 0 Å². The number of aromatic nitrogens is 1. The second-order valence-corrected chi connectivity index (χ2v) is 18.3. The van der Waals surface area contributed by atoms with Gasteiger partial charge in [-0.1, -0.05) is 27.2 Å². The normalized spacial score (nSPS) is 27.9. The van der Waals surface area contributed by atoms with E-state index in [1.807, 2.05) is 0 Å². The Morgan fingerprint density at radius 1 is 0.846 bits per heavy atom. The fraction of sp³-hybridized carbons (Fsp3) is 0.564. The third kappa shape index (κ3) is 11.7. The number of fused-ring (bicyclic) bond motifs is 5. The second-order valence-electron chi connectivity index (χ2n) is 16.3. The number of aromatic hydroxyl groups is 1. The van der Waals surface area contributed by atoms with Crippen LogP contribution in [0.5, 0.6) is 5.75 Å². The highest BCUT2D eigenvalue weighted by Gasteiger charge is 2.45. The fourth-order valence-corrected chi connectivity index (χ4v) is 9.49. The molecule has 13 N–H and O–H groups in total. The van der Waals surface area contributed by atoms with Crippen molar-refractivity contribution in [3.63, 3.8) is 0 Å². The van der Waals surface area contributed by atoms with Crippen LogP contribution in [-0.4, -0.2) is 178 Å². The van der Waals surface area contributed by atoms with Gasteiger partial charge in [-0.2, -0.15) is 0 Å². The van der Waals surface area contributed by atoms with Crippen molar-refractivity contribution >= 4 is 74.0 Å². The van der Waals surface area contributed by atoms with Gasteiger partial charge >= 0.3 is 5.97 Å². The average Bonchev–Trinajstić information content (AvgIpc) is 3.83. The third-order valence-electron chi connectivity index (χ3n) is 11.7. The van der Waals surface area contributed by atoms with E-state index < -0.39 is 180 Å². The Hall–Kier alpha value is -6.38. The number of carboxylic acid groups (broad SMARTS) is 1. The maximum absolute atomic E-state index is 14.6. The number of carboxylic acids is 1. The first-order chi connectivity index (χ1) is 30.5. The van der Waals surface area contributed by atoms with E-state index in [0.29, 0.717) is 6.42 Å². The predicted molar refractivity (Wildman–Crippen MR) is 221 cm³/mol. The van der Waals surface area contributed by atoms with Crippen molar-refractivity contribution in [3.05, 3.63) is 23.8 Å². The van der Waals surface area contributed by atoms with E-state index in [2.05, 4.69) is 42.2 Å². The first-order valence-electron chi connectivity index (χ1n) is 20.7. The number of aliphatic carboxylic acids is 1. The molecule has 1 aromatic heterocycles. The van der Waals surface area contributed by atoms with Crippen LogP contribution in [0.15, 0.2) is 23.2 Å². The Bertz CT molecular complexity index is 2340. The van der Waals surface area contributed by atoms with E-state index in [-0.39, 0.29) is 22.2 Å². The maximum Gasteiger partial charge on any atom is 0.305 e. The molecule has 65 heavy (non-hydrogen) atoms. The Morgan fingerprint density at radius 3 is 2.15 bits per heavy atom. The van der Waals surface area contributed by atoms with Gasteiger partial charge in [0.05, 0.1) is 49.6 Å². The Kier molecular flexibility index (Phi) is 15.8. The lowest BCUT2D eigenvalue weighted by Gasteiger charge is -2.32. The number of benzene rings is 1. The number of hydrogen-bond donors (Lipinski definition) is 13. The minimum Gasteiger partial charge on any atom is -0.508 e. The standard InChI is InChI=1S/C39H53N9O16S/c1-4-16(2)31-36(60)41-11-28(53)42-25-15-65(63,64)38-21(20-6-5-18(50)7-22(20)45-38)9-23(33(57)40-12-29(54)46-31)43-37(61)32(17(3)27(52)14-49)47-35(59)26-8-19(51)13-48(26)39(62)24(10-30(55)56)44-34(25)58/h5-7,16-17,19,23-27,31-32,45,49-52H,4,8-15H2,1-3H3,(H,40,57)(H,41,60)(H,42,53)(H,43,61)(H,44,58)(H,46,54)(H,47,59)(H,55,56)/t16-,17-,19+,23-,24-,25-,26-,27-,31-,32-/m0/s1. The van der Waals surface area contributed by atoms with Crippen molar-refractivity contribution in [1.82, 2.24) is 47.1 Å². The molecule has 0 spiro atoms. The summed E-state index contributed by atoms with van der Waals surface area (Å²) in [6.45, 7) is 1.29. The number of nitrogens with one attached hydrogen (secondary N) is 8. The summed E-state index contributed by atoms with van der Waals surface area (Å²) in [6.07, 6.45) is -5.19. The molecule has 26 heteroatoms. The summed E-state index contributed by atoms with van der Waals surface area (Å²) in [5.74, 6) is -14.4. The number of hydrogen-bond acceptors (Lipinski definition) is 15. The lowest BCUT2D eigenvalue weighted by atomic mass is 9.93. The van der Waals surface area contributed by atoms with Crippen molar-refractivity contribution in [2.24, 2.45) is 11.8 Å². The molecule has 1 fully saturated rings. The SMILES string of the molecule is CC[C@H](C)[C@@H]1NC(=O)CNC(=O)[C@@H]2Cc3c([nH]c4cc(O)ccc34)S(=O)(=O)C[C@H](NC(=O)CNC1=O)C(=O)N[C@@H](CC(=O)O)C(=O)N1C[C@H](O)C[C@H]1C(=O)N[C@@H]([C@@H](C)[C@@H](O)CO)C(=O)N2. The summed E-state index contributed by atoms with van der Waals surface area (Å²) in [5.41, 5.74) is -0.274. The van der Waals surface area contributed by atoms with Crippen molar-refractivity contribution in [2.75, 3.05) is 32.0 Å². The van der Waals surface area contributed by atoms with Crippen molar-refractivity contribution in [1.29, 1.82) is 0 Å². The second kappa shape index (κ2) is 20.6. The summed E-state index contributed by atoms with van der Waals surface area (Å²) >= 11 is 0. The summed E-state index contributed by atoms with van der Waals surface area (Å²) in [6, 6.07) is -7.37. The molecule has 1 aromatic carbocycles. The monoisotopic (exact) mass is 935 g/mol. The minimum atomic E-state index is -4.95. The molecule has 4 heterocycles. The number of carbonyl (C=O) groups excluding carboxylic acids is 8. The topological polar surface area (TPSA) is 392 Å². The lowest BCUT2D eigenvalue weighted by Crippen LogP contribution is -2.62. The van der Waals surface area contributed by atoms with Crippen LogP contribution >= 0.6 is 0 Å². The molecule has 0 saturated carbocycles. The smallest absolute Gasteiger partial charge is 0.305 e. The molecule has 25 nitrogen and oxygen atoms in total. The van der Waals surface area contributed by atoms with Crippen LogP contribution in [0.4, 0.5) is 0 Å². The first kappa shape index (κ1) is 49.6. The van der Waals surface area contributed by atoms with E-state index in [4.69, 9.17) is 0 Å². The van der Waals surface area contributed by atoms with Gasteiger partial charge in [0.25, 0.3) is 0 Å². The molecule has 3 aliphatic heterocycles. The molecule has 0 aliphatic carbocycles. The van der Waals surface area contributed by atoms with Gasteiger partial charge in [-0.15, -0.1) is 0 Å². The number of carbonyl (C=O) groups is 9. The first-order valence-corrected chi connectivity index (χ1v) is 22.3.